The first-order valence-corrected chi connectivity index (χ1v) is 9.04. The van der Waals surface area contributed by atoms with Crippen LogP contribution in [-0.4, -0.2) is 32.4 Å². The Morgan fingerprint density at radius 1 is 1.43 bits per heavy atom. The van der Waals surface area contributed by atoms with Crippen molar-refractivity contribution >= 4 is 39.0 Å². The average molecular weight is 352 g/mol. The van der Waals surface area contributed by atoms with Gasteiger partial charge in [-0.2, -0.15) is 0 Å². The van der Waals surface area contributed by atoms with Gasteiger partial charge in [-0.15, -0.1) is 0 Å². The molecule has 118 valence electrons. The maximum Gasteiger partial charge on any atom is 0.189 e. The van der Waals surface area contributed by atoms with E-state index < -0.39 is 9.84 Å². The number of benzene rings is 1. The molecular weight excluding hydrogens is 333 g/mol. The zero-order chi connectivity index (χ0) is 16.0. The zero-order valence-electron chi connectivity index (χ0n) is 11.9. The van der Waals surface area contributed by atoms with E-state index in [4.69, 9.17) is 28.9 Å². The van der Waals surface area contributed by atoms with Gasteiger partial charge < -0.3 is 11.1 Å². The molecule has 5 nitrogen and oxygen atoms in total. The molecule has 0 aliphatic heterocycles. The highest BCUT2D eigenvalue weighted by Gasteiger charge is 2.11. The van der Waals surface area contributed by atoms with Crippen LogP contribution in [0.2, 0.25) is 10.0 Å². The third-order valence-corrected chi connectivity index (χ3v) is 5.16. The van der Waals surface area contributed by atoms with Gasteiger partial charge in [-0.25, -0.2) is 8.42 Å². The minimum absolute atomic E-state index is 0.0119. The predicted molar refractivity (Wildman–Crippen MR) is 88.8 cm³/mol. The number of nitrogens with two attached hydrogens (primary N) is 1. The van der Waals surface area contributed by atoms with Crippen molar-refractivity contribution in [3.63, 3.8) is 0 Å². The molecule has 8 heteroatoms. The van der Waals surface area contributed by atoms with E-state index in [2.05, 4.69) is 10.3 Å². The van der Waals surface area contributed by atoms with Gasteiger partial charge in [0.05, 0.1) is 18.3 Å². The van der Waals surface area contributed by atoms with Crippen LogP contribution >= 0.6 is 23.2 Å². The molecule has 1 aromatic carbocycles. The molecule has 21 heavy (non-hydrogen) atoms. The molecule has 1 unspecified atom stereocenters. The van der Waals surface area contributed by atoms with E-state index in [9.17, 15) is 8.42 Å². The summed E-state index contributed by atoms with van der Waals surface area (Å²) in [4.78, 5) is 4.01. The van der Waals surface area contributed by atoms with Crippen LogP contribution in [0.5, 0.6) is 0 Å². The van der Waals surface area contributed by atoms with Gasteiger partial charge in [0, 0.05) is 15.8 Å². The Morgan fingerprint density at radius 2 is 2.10 bits per heavy atom. The lowest BCUT2D eigenvalue weighted by atomic mass is 10.1. The number of sulfone groups is 1. The second-order valence-electron chi connectivity index (χ2n) is 4.54. The van der Waals surface area contributed by atoms with Gasteiger partial charge in [-0.05, 0) is 24.6 Å². The molecule has 0 amide bonds. The molecule has 0 saturated heterocycles. The number of aliphatic imine (C=N–C) groups is 1. The number of guanidine groups is 1. The molecule has 0 spiro atoms. The summed E-state index contributed by atoms with van der Waals surface area (Å²) in [5, 5.41) is 4.06. The molecule has 0 aromatic heterocycles. The molecular formula is C13H19Cl2N3O2S. The third-order valence-electron chi connectivity index (χ3n) is 2.92. The largest absolute Gasteiger partial charge is 0.370 e. The smallest absolute Gasteiger partial charge is 0.189 e. The molecule has 0 saturated carbocycles. The summed E-state index contributed by atoms with van der Waals surface area (Å²) in [6.07, 6.45) is 0. The van der Waals surface area contributed by atoms with Crippen LogP contribution in [0.4, 0.5) is 0 Å². The van der Waals surface area contributed by atoms with E-state index in [1.165, 1.54) is 0 Å². The fourth-order valence-corrected chi connectivity index (χ4v) is 2.88. The predicted octanol–water partition coefficient (Wildman–Crippen LogP) is 2.39. The van der Waals surface area contributed by atoms with E-state index in [1.54, 1.807) is 25.1 Å². The van der Waals surface area contributed by atoms with Crippen molar-refractivity contribution in [2.24, 2.45) is 10.7 Å². The van der Waals surface area contributed by atoms with Gasteiger partial charge >= 0.3 is 0 Å². The van der Waals surface area contributed by atoms with Gasteiger partial charge in [0.25, 0.3) is 0 Å². The minimum atomic E-state index is -3.03. The van der Waals surface area contributed by atoms with E-state index in [-0.39, 0.29) is 30.1 Å². The van der Waals surface area contributed by atoms with Crippen molar-refractivity contribution in [2.45, 2.75) is 19.9 Å². The summed E-state index contributed by atoms with van der Waals surface area (Å²) in [7, 11) is -3.03. The standard InChI is InChI=1S/C13H19Cl2N3O2S/c1-3-21(19,20)7-6-17-13(16)18-9(2)11-5-4-10(14)8-12(11)15/h4-5,8-9H,3,6-7H2,1-2H3,(H3,16,17,18). The molecule has 1 aromatic rings. The van der Waals surface area contributed by atoms with Crippen molar-refractivity contribution in [3.05, 3.63) is 33.8 Å². The first-order chi connectivity index (χ1) is 9.75. The summed E-state index contributed by atoms with van der Waals surface area (Å²) in [6, 6.07) is 5.03. The van der Waals surface area contributed by atoms with Crippen LogP contribution < -0.4 is 11.1 Å². The highest BCUT2D eigenvalue weighted by molar-refractivity contribution is 7.91. The van der Waals surface area contributed by atoms with Crippen LogP contribution in [0.1, 0.15) is 25.5 Å². The van der Waals surface area contributed by atoms with Crippen molar-refractivity contribution < 1.29 is 8.42 Å². The Labute approximate surface area is 135 Å². The fourth-order valence-electron chi connectivity index (χ4n) is 1.65. The number of nitrogens with one attached hydrogen (secondary N) is 1. The molecule has 0 aliphatic rings. The molecule has 0 bridgehead atoms. The normalized spacial score (nSPS) is 14.0. The Hall–Kier alpha value is -0.980. The molecule has 0 radical (unpaired) electrons. The van der Waals surface area contributed by atoms with E-state index >= 15 is 0 Å². The average Bonchev–Trinajstić information content (AvgIpc) is 2.38. The zero-order valence-corrected chi connectivity index (χ0v) is 14.3. The van der Waals surface area contributed by atoms with Crippen LogP contribution in [0.15, 0.2) is 23.2 Å². The minimum Gasteiger partial charge on any atom is -0.370 e. The third kappa shape index (κ3) is 6.11. The Morgan fingerprint density at radius 3 is 2.67 bits per heavy atom. The molecule has 0 aliphatic carbocycles. The fraction of sp³-hybridized carbons (Fsp3) is 0.462. The summed E-state index contributed by atoms with van der Waals surface area (Å²) in [5.74, 6) is 0.272. The number of halogens is 2. The van der Waals surface area contributed by atoms with Crippen molar-refractivity contribution in [3.8, 4) is 0 Å². The van der Waals surface area contributed by atoms with Crippen LogP contribution in [-0.2, 0) is 9.84 Å². The van der Waals surface area contributed by atoms with Gasteiger partial charge in [-0.3, -0.25) is 4.99 Å². The molecule has 0 fully saturated rings. The number of hydrogen-bond acceptors (Lipinski definition) is 3. The van der Waals surface area contributed by atoms with Gasteiger partial charge in [0.2, 0.25) is 0 Å². The van der Waals surface area contributed by atoms with Crippen molar-refractivity contribution in [1.82, 2.24) is 5.32 Å². The highest BCUT2D eigenvalue weighted by atomic mass is 35.5. The van der Waals surface area contributed by atoms with E-state index in [0.29, 0.717) is 10.0 Å². The maximum atomic E-state index is 11.3. The Balaban J connectivity index is 2.63. The summed E-state index contributed by atoms with van der Waals surface area (Å²) in [5.41, 5.74) is 6.57. The highest BCUT2D eigenvalue weighted by Crippen LogP contribution is 2.25. The second kappa shape index (κ2) is 7.87. The number of hydrogen-bond donors (Lipinski definition) is 2. The lowest BCUT2D eigenvalue weighted by molar-refractivity contribution is 0.597. The number of nitrogens with zero attached hydrogens (tertiary/aromatic N) is 1. The SMILES string of the molecule is CCS(=O)(=O)CCN=C(N)NC(C)c1ccc(Cl)cc1Cl. The van der Waals surface area contributed by atoms with Crippen LogP contribution in [0.25, 0.3) is 0 Å². The first kappa shape index (κ1) is 18.1. The van der Waals surface area contributed by atoms with Gasteiger partial charge in [-0.1, -0.05) is 36.2 Å². The molecule has 3 N–H and O–H groups in total. The maximum absolute atomic E-state index is 11.3. The van der Waals surface area contributed by atoms with Crippen molar-refractivity contribution in [1.29, 1.82) is 0 Å². The lowest BCUT2D eigenvalue weighted by Gasteiger charge is -2.16. The van der Waals surface area contributed by atoms with Crippen LogP contribution in [0, 0.1) is 0 Å². The van der Waals surface area contributed by atoms with Gasteiger partial charge in [0.15, 0.2) is 15.8 Å². The van der Waals surface area contributed by atoms with Crippen LogP contribution in [0.3, 0.4) is 0 Å². The van der Waals surface area contributed by atoms with Gasteiger partial charge in [0.1, 0.15) is 0 Å². The summed E-state index contributed by atoms with van der Waals surface area (Å²) in [6.45, 7) is 3.61. The molecule has 1 atom stereocenters. The summed E-state index contributed by atoms with van der Waals surface area (Å²) < 4.78 is 22.7. The Bertz CT molecular complexity index is 618. The quantitative estimate of drug-likeness (QED) is 0.608. The topological polar surface area (TPSA) is 84.5 Å². The monoisotopic (exact) mass is 351 g/mol. The molecule has 1 rings (SSSR count). The van der Waals surface area contributed by atoms with E-state index in [1.807, 2.05) is 6.92 Å². The lowest BCUT2D eigenvalue weighted by Crippen LogP contribution is -2.34. The first-order valence-electron chi connectivity index (χ1n) is 6.47. The Kier molecular flexibility index (Phi) is 6.77. The van der Waals surface area contributed by atoms with Crippen molar-refractivity contribution in [2.75, 3.05) is 18.1 Å². The second-order valence-corrected chi connectivity index (χ2v) is 7.85. The summed E-state index contributed by atoms with van der Waals surface area (Å²) >= 11 is 11.9. The number of rotatable bonds is 6. The molecule has 0 heterocycles. The van der Waals surface area contributed by atoms with E-state index in [0.717, 1.165) is 5.56 Å².